The van der Waals surface area contributed by atoms with Crippen LogP contribution in [0.3, 0.4) is 0 Å². The van der Waals surface area contributed by atoms with Crippen LogP contribution in [-0.2, 0) is 4.74 Å². The fourth-order valence-electron chi connectivity index (χ4n) is 2.69. The van der Waals surface area contributed by atoms with E-state index in [9.17, 15) is 4.79 Å². The molecule has 0 aliphatic carbocycles. The quantitative estimate of drug-likeness (QED) is 0.889. The molecule has 124 valence electrons. The fraction of sp³-hybridized carbons (Fsp3) is 0.562. The summed E-state index contributed by atoms with van der Waals surface area (Å²) in [5.74, 6) is 0.842. The summed E-state index contributed by atoms with van der Waals surface area (Å²) < 4.78 is 5.30. The largest absolute Gasteiger partial charge is 0.444 e. The third-order valence-electron chi connectivity index (χ3n) is 3.76. The molecule has 2 N–H and O–H groups in total. The maximum atomic E-state index is 11.8. The number of ether oxygens (including phenoxy) is 1. The molecular formula is C16H23N5O2. The van der Waals surface area contributed by atoms with Crippen LogP contribution in [-0.4, -0.2) is 45.8 Å². The van der Waals surface area contributed by atoms with Crippen LogP contribution in [0.2, 0.25) is 0 Å². The molecule has 1 aliphatic heterocycles. The predicted molar refractivity (Wildman–Crippen MR) is 88.5 cm³/mol. The van der Waals surface area contributed by atoms with E-state index in [4.69, 9.17) is 4.74 Å². The minimum Gasteiger partial charge on any atom is -0.444 e. The van der Waals surface area contributed by atoms with E-state index in [-0.39, 0.29) is 12.1 Å². The highest BCUT2D eigenvalue weighted by Gasteiger charge is 2.24. The number of amides is 1. The maximum absolute atomic E-state index is 11.8. The van der Waals surface area contributed by atoms with Crippen LogP contribution in [0, 0.1) is 0 Å². The molecule has 1 saturated heterocycles. The average molecular weight is 317 g/mol. The first kappa shape index (κ1) is 15.6. The molecule has 0 aromatic carbocycles. The highest BCUT2D eigenvalue weighted by atomic mass is 16.6. The van der Waals surface area contributed by atoms with Gasteiger partial charge in [-0.15, -0.1) is 0 Å². The molecule has 0 atom stereocenters. The summed E-state index contributed by atoms with van der Waals surface area (Å²) in [6, 6.07) is 4.00. The van der Waals surface area contributed by atoms with Crippen LogP contribution < -0.4 is 10.2 Å². The van der Waals surface area contributed by atoms with E-state index in [0.29, 0.717) is 0 Å². The van der Waals surface area contributed by atoms with Crippen molar-refractivity contribution in [3.05, 3.63) is 18.3 Å². The van der Waals surface area contributed by atoms with Gasteiger partial charge in [0.2, 0.25) is 5.95 Å². The van der Waals surface area contributed by atoms with Crippen molar-refractivity contribution in [2.75, 3.05) is 18.0 Å². The number of hydrogen-bond donors (Lipinski definition) is 2. The van der Waals surface area contributed by atoms with E-state index in [1.54, 1.807) is 6.20 Å². The third kappa shape index (κ3) is 3.91. The monoisotopic (exact) mass is 317 g/mol. The van der Waals surface area contributed by atoms with Gasteiger partial charge < -0.3 is 19.9 Å². The van der Waals surface area contributed by atoms with E-state index < -0.39 is 5.60 Å². The fourth-order valence-corrected chi connectivity index (χ4v) is 2.69. The van der Waals surface area contributed by atoms with Gasteiger partial charge in [-0.2, -0.15) is 4.98 Å². The Morgan fingerprint density at radius 2 is 2.13 bits per heavy atom. The Bertz CT molecular complexity index is 650. The van der Waals surface area contributed by atoms with E-state index >= 15 is 0 Å². The lowest BCUT2D eigenvalue weighted by atomic mass is 10.1. The molecule has 7 nitrogen and oxygen atoms in total. The molecule has 2 aromatic heterocycles. The first-order chi connectivity index (χ1) is 10.9. The van der Waals surface area contributed by atoms with E-state index in [1.165, 1.54) is 0 Å². The van der Waals surface area contributed by atoms with Gasteiger partial charge in [-0.1, -0.05) is 0 Å². The van der Waals surface area contributed by atoms with Gasteiger partial charge in [-0.3, -0.25) is 0 Å². The topological polar surface area (TPSA) is 83.1 Å². The molecule has 0 bridgehead atoms. The Hall–Kier alpha value is -2.31. The number of imidazole rings is 1. The van der Waals surface area contributed by atoms with Crippen molar-refractivity contribution in [2.45, 2.75) is 45.3 Å². The van der Waals surface area contributed by atoms with Crippen LogP contribution in [0.25, 0.3) is 11.2 Å². The smallest absolute Gasteiger partial charge is 0.407 e. The Morgan fingerprint density at radius 1 is 1.39 bits per heavy atom. The van der Waals surface area contributed by atoms with Crippen molar-refractivity contribution in [3.8, 4) is 0 Å². The predicted octanol–water partition coefficient (Wildman–Crippen LogP) is 2.45. The van der Waals surface area contributed by atoms with Crippen molar-refractivity contribution in [2.24, 2.45) is 0 Å². The van der Waals surface area contributed by atoms with Crippen molar-refractivity contribution in [1.82, 2.24) is 20.3 Å². The SMILES string of the molecule is CC(C)(C)OC(=O)NC1CCN(c2nc3ncccc3[nH]2)CC1. The number of fused-ring (bicyclic) bond motifs is 1. The molecule has 2 aromatic rings. The molecule has 0 unspecified atom stereocenters. The molecule has 0 radical (unpaired) electrons. The standard InChI is InChI=1S/C16H23N5O2/c1-16(2,3)23-15(22)18-11-6-9-21(10-7-11)14-19-12-5-4-8-17-13(12)20-14/h4-5,8,11H,6-7,9-10H2,1-3H3,(H,18,22)(H,17,19,20). The first-order valence-electron chi connectivity index (χ1n) is 7.96. The van der Waals surface area contributed by atoms with Gasteiger partial charge in [0.1, 0.15) is 5.60 Å². The van der Waals surface area contributed by atoms with Crippen LogP contribution in [0.5, 0.6) is 0 Å². The van der Waals surface area contributed by atoms with Crippen LogP contribution in [0.1, 0.15) is 33.6 Å². The Kier molecular flexibility index (Phi) is 4.11. The second-order valence-corrected chi connectivity index (χ2v) is 6.84. The number of nitrogens with one attached hydrogen (secondary N) is 2. The number of pyridine rings is 1. The molecule has 3 rings (SSSR count). The molecule has 1 amide bonds. The summed E-state index contributed by atoms with van der Waals surface area (Å²) >= 11 is 0. The molecule has 7 heteroatoms. The summed E-state index contributed by atoms with van der Waals surface area (Å²) in [5.41, 5.74) is 1.21. The summed E-state index contributed by atoms with van der Waals surface area (Å²) in [6.45, 7) is 7.26. The number of aromatic amines is 1. The van der Waals surface area contributed by atoms with Crippen molar-refractivity contribution < 1.29 is 9.53 Å². The number of H-pyrrole nitrogens is 1. The summed E-state index contributed by atoms with van der Waals surface area (Å²) in [6.07, 6.45) is 3.13. The van der Waals surface area contributed by atoms with Gasteiger partial charge >= 0.3 is 6.09 Å². The molecule has 1 aliphatic rings. The Morgan fingerprint density at radius 3 is 2.78 bits per heavy atom. The number of carbonyl (C=O) groups is 1. The zero-order valence-corrected chi connectivity index (χ0v) is 13.8. The van der Waals surface area contributed by atoms with E-state index in [2.05, 4.69) is 25.2 Å². The number of aromatic nitrogens is 3. The van der Waals surface area contributed by atoms with Crippen LogP contribution in [0.4, 0.5) is 10.7 Å². The normalized spacial score (nSPS) is 16.6. The molecule has 0 saturated carbocycles. The van der Waals surface area contributed by atoms with Crippen LogP contribution in [0.15, 0.2) is 18.3 Å². The number of rotatable bonds is 2. The minimum absolute atomic E-state index is 0.142. The molecule has 23 heavy (non-hydrogen) atoms. The number of piperidine rings is 1. The van der Waals surface area contributed by atoms with Crippen molar-refractivity contribution in [3.63, 3.8) is 0 Å². The third-order valence-corrected chi connectivity index (χ3v) is 3.76. The zero-order valence-electron chi connectivity index (χ0n) is 13.8. The highest BCUT2D eigenvalue weighted by molar-refractivity contribution is 5.73. The van der Waals surface area contributed by atoms with E-state index in [0.717, 1.165) is 43.0 Å². The van der Waals surface area contributed by atoms with Gasteiger partial charge in [0.15, 0.2) is 5.65 Å². The number of nitrogens with zero attached hydrogens (tertiary/aromatic N) is 3. The summed E-state index contributed by atoms with van der Waals surface area (Å²) in [5, 5.41) is 2.94. The lowest BCUT2D eigenvalue weighted by molar-refractivity contribution is 0.0497. The van der Waals surface area contributed by atoms with Crippen molar-refractivity contribution in [1.29, 1.82) is 0 Å². The summed E-state index contributed by atoms with van der Waals surface area (Å²) in [4.78, 5) is 26.1. The molecule has 3 heterocycles. The number of carbonyl (C=O) groups excluding carboxylic acids is 1. The number of alkyl carbamates (subject to hydrolysis) is 1. The summed E-state index contributed by atoms with van der Waals surface area (Å²) in [7, 11) is 0. The zero-order chi connectivity index (χ0) is 16.4. The van der Waals surface area contributed by atoms with Gasteiger partial charge in [0, 0.05) is 25.3 Å². The second-order valence-electron chi connectivity index (χ2n) is 6.84. The Balaban J connectivity index is 1.55. The van der Waals surface area contributed by atoms with Crippen molar-refractivity contribution >= 4 is 23.2 Å². The van der Waals surface area contributed by atoms with Gasteiger partial charge in [0.25, 0.3) is 0 Å². The molecular weight excluding hydrogens is 294 g/mol. The second kappa shape index (κ2) is 6.06. The Labute approximate surface area is 135 Å². The van der Waals surface area contributed by atoms with E-state index in [1.807, 2.05) is 32.9 Å². The maximum Gasteiger partial charge on any atom is 0.407 e. The minimum atomic E-state index is -0.466. The molecule has 0 spiro atoms. The van der Waals surface area contributed by atoms with Gasteiger partial charge in [-0.25, -0.2) is 9.78 Å². The first-order valence-corrected chi connectivity index (χ1v) is 7.96. The average Bonchev–Trinajstić information content (AvgIpc) is 2.89. The lowest BCUT2D eigenvalue weighted by Gasteiger charge is -2.32. The number of hydrogen-bond acceptors (Lipinski definition) is 5. The lowest BCUT2D eigenvalue weighted by Crippen LogP contribution is -2.46. The number of anilines is 1. The van der Waals surface area contributed by atoms with Gasteiger partial charge in [-0.05, 0) is 45.7 Å². The van der Waals surface area contributed by atoms with Crippen LogP contribution >= 0.6 is 0 Å². The molecule has 1 fully saturated rings. The highest BCUT2D eigenvalue weighted by Crippen LogP contribution is 2.20. The van der Waals surface area contributed by atoms with Gasteiger partial charge in [0.05, 0.1) is 5.52 Å².